The molecule has 1 amide bonds. The fourth-order valence-electron chi connectivity index (χ4n) is 9.61. The second-order valence-corrected chi connectivity index (χ2v) is 16.3. The Labute approximate surface area is 372 Å². The summed E-state index contributed by atoms with van der Waals surface area (Å²) in [5.41, 5.74) is 3.49. The van der Waals surface area contributed by atoms with Crippen LogP contribution in [0.1, 0.15) is 84.8 Å². The molecule has 64 heavy (non-hydrogen) atoms. The molecule has 0 bridgehead atoms. The number of unbranched alkanes of at least 4 members (excludes halogenated alkanes) is 2. The monoisotopic (exact) mass is 872 g/mol. The number of ether oxygens (including phenoxy) is 3. The number of non-ortho nitro benzene ring substituents is 1. The minimum Gasteiger partial charge on any atom is -0.459 e. The van der Waals surface area contributed by atoms with Gasteiger partial charge in [-0.05, 0) is 116 Å². The van der Waals surface area contributed by atoms with Gasteiger partial charge in [0.1, 0.15) is 35.7 Å². The van der Waals surface area contributed by atoms with Crippen molar-refractivity contribution >= 4 is 17.3 Å². The van der Waals surface area contributed by atoms with Gasteiger partial charge in [-0.25, -0.2) is 4.39 Å². The van der Waals surface area contributed by atoms with Crippen molar-refractivity contribution in [1.29, 1.82) is 5.26 Å². The van der Waals surface area contributed by atoms with Crippen molar-refractivity contribution in [1.82, 2.24) is 4.90 Å². The van der Waals surface area contributed by atoms with Gasteiger partial charge in [0.25, 0.3) is 11.6 Å². The van der Waals surface area contributed by atoms with Crippen molar-refractivity contribution < 1.29 is 43.4 Å². The second kappa shape index (κ2) is 20.9. The highest BCUT2D eigenvalue weighted by molar-refractivity contribution is 6.03. The molecule has 0 aromatic heterocycles. The van der Waals surface area contributed by atoms with Crippen LogP contribution in [0.25, 0.3) is 0 Å². The molecule has 1 fully saturated rings. The van der Waals surface area contributed by atoms with E-state index < -0.39 is 28.5 Å². The largest absolute Gasteiger partial charge is 0.459 e. The molecule has 1 saturated carbocycles. The first-order valence-corrected chi connectivity index (χ1v) is 21.8. The van der Waals surface area contributed by atoms with Gasteiger partial charge < -0.3 is 34.2 Å². The number of allylic oxidation sites excluding steroid dienone is 1. The number of carbonyl (C=O) groups is 1. The molecule has 4 aromatic rings. The van der Waals surface area contributed by atoms with Crippen LogP contribution in [0.15, 0.2) is 120 Å². The average Bonchev–Trinajstić information content (AvgIpc) is 3.31. The van der Waals surface area contributed by atoms with Crippen LogP contribution in [0.3, 0.4) is 0 Å². The molecule has 7 rings (SSSR count). The summed E-state index contributed by atoms with van der Waals surface area (Å²) in [6.07, 6.45) is 8.12. The smallest absolute Gasteiger partial charge is 0.273 e. The number of nitrogens with zero attached hydrogens (tertiary/aromatic N) is 4. The van der Waals surface area contributed by atoms with Gasteiger partial charge in [-0.2, -0.15) is 5.26 Å². The Morgan fingerprint density at radius 3 is 2.45 bits per heavy atom. The second-order valence-electron chi connectivity index (χ2n) is 16.3. The maximum Gasteiger partial charge on any atom is 0.273 e. The molecule has 2 aliphatic carbocycles. The SMILES string of the molecule is C=CCOC12Oc3ccc(Oc4cccc([N+](=O)[O-])c4)cc3C3C(CCCCO)C(CCCCO)C=C(C(=NOCC)CC1N(Cc1ccc(F)cc1)C(=O)c1ccc(C#N)cc1)C32. The van der Waals surface area contributed by atoms with Crippen molar-refractivity contribution in [3.05, 3.63) is 153 Å². The van der Waals surface area contributed by atoms with Crippen molar-refractivity contribution in [3.63, 3.8) is 0 Å². The van der Waals surface area contributed by atoms with Crippen LogP contribution in [-0.4, -0.2) is 69.9 Å². The Morgan fingerprint density at radius 2 is 1.77 bits per heavy atom. The van der Waals surface area contributed by atoms with E-state index in [1.807, 2.05) is 13.0 Å². The van der Waals surface area contributed by atoms with E-state index in [0.29, 0.717) is 59.6 Å². The maximum atomic E-state index is 15.2. The number of oxime groups is 1. The zero-order valence-electron chi connectivity index (χ0n) is 35.8. The molecule has 334 valence electrons. The van der Waals surface area contributed by atoms with Crippen LogP contribution in [0, 0.1) is 45.0 Å². The summed E-state index contributed by atoms with van der Waals surface area (Å²) in [6, 6.07) is 25.0. The molecular weight excluding hydrogens is 820 g/mol. The number of nitriles is 1. The number of hydrogen-bond donors (Lipinski definition) is 2. The first-order valence-electron chi connectivity index (χ1n) is 21.8. The van der Waals surface area contributed by atoms with Crippen molar-refractivity contribution in [3.8, 4) is 23.3 Å². The summed E-state index contributed by atoms with van der Waals surface area (Å²) in [5, 5.41) is 45.9. The lowest BCUT2D eigenvalue weighted by molar-refractivity contribution is -0.384. The Hall–Kier alpha value is -6.40. The van der Waals surface area contributed by atoms with E-state index >= 15 is 4.79 Å². The van der Waals surface area contributed by atoms with E-state index in [-0.39, 0.29) is 74.5 Å². The van der Waals surface area contributed by atoms with E-state index in [2.05, 4.69) is 18.7 Å². The summed E-state index contributed by atoms with van der Waals surface area (Å²) in [7, 11) is 0. The number of nitro benzene ring substituents is 1. The van der Waals surface area contributed by atoms with Crippen molar-refractivity contribution in [2.24, 2.45) is 22.9 Å². The fraction of sp³-hybridized carbons (Fsp3) is 0.380. The quantitative estimate of drug-likeness (QED) is 0.0376. The predicted molar refractivity (Wildman–Crippen MR) is 237 cm³/mol. The first-order chi connectivity index (χ1) is 31.1. The number of aliphatic hydroxyl groups is 2. The zero-order valence-corrected chi connectivity index (χ0v) is 35.8. The molecule has 6 unspecified atom stereocenters. The summed E-state index contributed by atoms with van der Waals surface area (Å²) in [5.74, 6) is -2.29. The van der Waals surface area contributed by atoms with Gasteiger partial charge in [0.2, 0.25) is 5.79 Å². The predicted octanol–water partition coefficient (Wildman–Crippen LogP) is 9.39. The van der Waals surface area contributed by atoms with E-state index in [4.69, 9.17) is 24.2 Å². The van der Waals surface area contributed by atoms with Gasteiger partial charge in [0.15, 0.2) is 0 Å². The van der Waals surface area contributed by atoms with Crippen LogP contribution < -0.4 is 9.47 Å². The fourth-order valence-corrected chi connectivity index (χ4v) is 9.61. The van der Waals surface area contributed by atoms with Crippen molar-refractivity contribution in [2.45, 2.75) is 76.2 Å². The molecule has 1 aliphatic heterocycles. The molecule has 6 atom stereocenters. The van der Waals surface area contributed by atoms with Crippen LogP contribution in [0.2, 0.25) is 0 Å². The van der Waals surface area contributed by atoms with Gasteiger partial charge in [0.05, 0.1) is 40.9 Å². The number of fused-ring (bicyclic) bond motifs is 2. The molecule has 3 aliphatic rings. The minimum absolute atomic E-state index is 0.0212. The topological polar surface area (TPSA) is 177 Å². The van der Waals surface area contributed by atoms with Gasteiger partial charge in [-0.3, -0.25) is 14.9 Å². The first kappa shape index (κ1) is 45.6. The Kier molecular flexibility index (Phi) is 14.9. The third kappa shape index (κ3) is 9.72. The summed E-state index contributed by atoms with van der Waals surface area (Å²) in [4.78, 5) is 33.9. The number of amides is 1. The third-order valence-electron chi connectivity index (χ3n) is 12.4. The van der Waals surface area contributed by atoms with Gasteiger partial charge in [-0.15, -0.1) is 6.58 Å². The standard InChI is InChI=1S/C50H53FN4O9/c1-3-26-61-50-46(54(32-34-16-20-37(51)21-17-34)49(58)35-18-14-33(31-52)15-19-35)30-44(53-62-4-2)42-27-36(10-5-7-24-56)41(13-6-8-25-57)47(48(42)50)43-29-40(22-23-45(43)64-50)63-39-12-9-11-38(28-39)55(59)60/h3,9,11-12,14-23,27-29,36,41,46-48,56-57H,1,4-8,10,13,24-26,30,32H2,2H3. The van der Waals surface area contributed by atoms with Gasteiger partial charge in [-0.1, -0.05) is 48.3 Å². The summed E-state index contributed by atoms with van der Waals surface area (Å²) in [6.45, 7) is 6.25. The summed E-state index contributed by atoms with van der Waals surface area (Å²) < 4.78 is 35.1. The zero-order chi connectivity index (χ0) is 45.2. The van der Waals surface area contributed by atoms with E-state index in [1.54, 1.807) is 71.6 Å². The number of nitro groups is 1. The number of hydrogen-bond acceptors (Lipinski definition) is 11. The molecule has 0 radical (unpaired) electrons. The van der Waals surface area contributed by atoms with E-state index in [0.717, 1.165) is 24.0 Å². The molecule has 4 aromatic carbocycles. The van der Waals surface area contributed by atoms with Crippen LogP contribution in [0.5, 0.6) is 17.2 Å². The van der Waals surface area contributed by atoms with Gasteiger partial charge in [0, 0.05) is 49.3 Å². The third-order valence-corrected chi connectivity index (χ3v) is 12.4. The van der Waals surface area contributed by atoms with Gasteiger partial charge >= 0.3 is 0 Å². The van der Waals surface area contributed by atoms with Crippen LogP contribution >= 0.6 is 0 Å². The lowest BCUT2D eigenvalue weighted by Gasteiger charge is -2.60. The minimum atomic E-state index is -1.58. The maximum absolute atomic E-state index is 15.2. The summed E-state index contributed by atoms with van der Waals surface area (Å²) >= 11 is 0. The molecule has 2 N–H and O–H groups in total. The lowest BCUT2D eigenvalue weighted by Crippen LogP contribution is -2.70. The Balaban J connectivity index is 1.47. The van der Waals surface area contributed by atoms with Crippen LogP contribution in [0.4, 0.5) is 10.1 Å². The molecule has 1 heterocycles. The lowest BCUT2D eigenvalue weighted by atomic mass is 9.55. The molecule has 14 heteroatoms. The molecule has 13 nitrogen and oxygen atoms in total. The highest BCUT2D eigenvalue weighted by atomic mass is 19.1. The highest BCUT2D eigenvalue weighted by Gasteiger charge is 2.65. The van der Waals surface area contributed by atoms with E-state index in [9.17, 15) is 30.0 Å². The number of carbonyl (C=O) groups excluding carboxylic acids is 1. The normalized spacial score (nSPS) is 22.5. The number of aliphatic hydroxyl groups excluding tert-OH is 2. The highest BCUT2D eigenvalue weighted by Crippen LogP contribution is 2.62. The molecular formula is C50H53FN4O9. The molecule has 0 saturated heterocycles. The average molecular weight is 873 g/mol. The Bertz CT molecular complexity index is 2400. The number of halogens is 1. The Morgan fingerprint density at radius 1 is 1.03 bits per heavy atom. The van der Waals surface area contributed by atoms with E-state index in [1.165, 1.54) is 24.3 Å². The van der Waals surface area contributed by atoms with Crippen molar-refractivity contribution in [2.75, 3.05) is 26.4 Å². The number of rotatable bonds is 20. The van der Waals surface area contributed by atoms with Crippen LogP contribution in [-0.2, 0) is 16.1 Å². The molecule has 0 spiro atoms. The number of benzene rings is 4.